The van der Waals surface area contributed by atoms with Crippen molar-refractivity contribution in [3.05, 3.63) is 54.1 Å². The molecule has 3 heteroatoms. The zero-order valence-corrected chi connectivity index (χ0v) is 15.7. The molecule has 1 aliphatic rings. The van der Waals surface area contributed by atoms with Crippen LogP contribution in [0.15, 0.2) is 48.5 Å². The van der Waals surface area contributed by atoms with Crippen LogP contribution in [0.2, 0.25) is 0 Å². The van der Waals surface area contributed by atoms with Gasteiger partial charge in [0, 0.05) is 38.0 Å². The first-order valence-corrected chi connectivity index (χ1v) is 9.34. The summed E-state index contributed by atoms with van der Waals surface area (Å²) >= 11 is 0. The van der Waals surface area contributed by atoms with E-state index in [0.29, 0.717) is 12.1 Å². The van der Waals surface area contributed by atoms with Crippen LogP contribution in [0.4, 0.5) is 5.69 Å². The summed E-state index contributed by atoms with van der Waals surface area (Å²) in [6.07, 6.45) is 2.37. The van der Waals surface area contributed by atoms with E-state index in [4.69, 9.17) is 4.74 Å². The van der Waals surface area contributed by atoms with Crippen molar-refractivity contribution in [2.45, 2.75) is 38.8 Å². The number of benzene rings is 2. The first-order chi connectivity index (χ1) is 12.2. The van der Waals surface area contributed by atoms with Gasteiger partial charge in [-0.25, -0.2) is 0 Å². The molecule has 0 aromatic heterocycles. The second-order valence-electron chi connectivity index (χ2n) is 7.10. The molecule has 25 heavy (non-hydrogen) atoms. The van der Waals surface area contributed by atoms with Gasteiger partial charge in [0.15, 0.2) is 0 Å². The molecule has 0 saturated carbocycles. The van der Waals surface area contributed by atoms with Crippen LogP contribution in [-0.2, 0) is 4.74 Å². The van der Waals surface area contributed by atoms with Crippen LogP contribution in [-0.4, -0.2) is 38.9 Å². The summed E-state index contributed by atoms with van der Waals surface area (Å²) in [4.78, 5) is 2.54. The molecule has 0 radical (unpaired) electrons. The van der Waals surface area contributed by atoms with Gasteiger partial charge in [-0.3, -0.25) is 0 Å². The minimum Gasteiger partial charge on any atom is -0.383 e. The lowest BCUT2D eigenvalue weighted by Crippen LogP contribution is -2.46. The Morgan fingerprint density at radius 3 is 2.48 bits per heavy atom. The van der Waals surface area contributed by atoms with Crippen molar-refractivity contribution >= 4 is 5.69 Å². The zero-order valence-electron chi connectivity index (χ0n) is 15.7. The topological polar surface area (TPSA) is 24.5 Å². The average Bonchev–Trinajstić information content (AvgIpc) is 2.64. The highest BCUT2D eigenvalue weighted by atomic mass is 16.5. The van der Waals surface area contributed by atoms with Gasteiger partial charge in [0.2, 0.25) is 0 Å². The van der Waals surface area contributed by atoms with Crippen LogP contribution in [0.3, 0.4) is 0 Å². The number of piperidine rings is 1. The summed E-state index contributed by atoms with van der Waals surface area (Å²) in [7, 11) is 1.77. The lowest BCUT2D eigenvalue weighted by atomic mass is 9.97. The lowest BCUT2D eigenvalue weighted by Gasteiger charge is -2.36. The molecule has 3 rings (SSSR count). The monoisotopic (exact) mass is 338 g/mol. The molecule has 1 fully saturated rings. The molecular formula is C22H30N2O. The minimum atomic E-state index is 0.421. The quantitative estimate of drug-likeness (QED) is 0.852. The van der Waals surface area contributed by atoms with Crippen molar-refractivity contribution in [2.24, 2.45) is 0 Å². The maximum atomic E-state index is 5.23. The molecule has 1 atom stereocenters. The van der Waals surface area contributed by atoms with Gasteiger partial charge < -0.3 is 15.0 Å². The molecular weight excluding hydrogens is 308 g/mol. The van der Waals surface area contributed by atoms with Crippen molar-refractivity contribution in [1.82, 2.24) is 5.32 Å². The Bertz CT molecular complexity index is 663. The fourth-order valence-electron chi connectivity index (χ4n) is 3.88. The summed E-state index contributed by atoms with van der Waals surface area (Å²) in [5.74, 6) is 0. The zero-order chi connectivity index (χ0) is 17.6. The van der Waals surface area contributed by atoms with E-state index in [-0.39, 0.29) is 0 Å². The Hall–Kier alpha value is -1.84. The van der Waals surface area contributed by atoms with E-state index < -0.39 is 0 Å². The number of nitrogens with one attached hydrogen (secondary N) is 1. The molecule has 2 aromatic rings. The number of hydrogen-bond acceptors (Lipinski definition) is 3. The van der Waals surface area contributed by atoms with Crippen molar-refractivity contribution in [3.63, 3.8) is 0 Å². The first kappa shape index (κ1) is 18.0. The molecule has 134 valence electrons. The summed E-state index contributed by atoms with van der Waals surface area (Å²) in [6.45, 7) is 7.44. The van der Waals surface area contributed by atoms with Gasteiger partial charge in [0.1, 0.15) is 0 Å². The van der Waals surface area contributed by atoms with E-state index in [1.165, 1.54) is 35.2 Å². The number of rotatable bonds is 6. The molecule has 1 N–H and O–H groups in total. The molecule has 0 amide bonds. The third kappa shape index (κ3) is 4.42. The number of ether oxygens (including phenoxy) is 1. The van der Waals surface area contributed by atoms with Crippen LogP contribution in [0.25, 0.3) is 11.1 Å². The molecule has 0 bridgehead atoms. The smallest absolute Gasteiger partial charge is 0.0613 e. The number of anilines is 1. The van der Waals surface area contributed by atoms with Crippen molar-refractivity contribution < 1.29 is 4.74 Å². The van der Waals surface area contributed by atoms with E-state index in [9.17, 15) is 0 Å². The molecule has 0 aliphatic carbocycles. The van der Waals surface area contributed by atoms with Gasteiger partial charge >= 0.3 is 0 Å². The standard InChI is InChI=1S/C22H30N2O/c1-17(16-25-3)23-20-12-14-24(15-13-20)22-11-7-10-21(18(22)2)19-8-5-4-6-9-19/h4-11,17,20,23H,12-16H2,1-3H3. The third-order valence-electron chi connectivity index (χ3n) is 5.16. The van der Waals surface area contributed by atoms with Crippen LogP contribution < -0.4 is 10.2 Å². The molecule has 3 nitrogen and oxygen atoms in total. The lowest BCUT2D eigenvalue weighted by molar-refractivity contribution is 0.163. The second-order valence-corrected chi connectivity index (χ2v) is 7.10. The second kappa shape index (κ2) is 8.50. The van der Waals surface area contributed by atoms with E-state index in [1.54, 1.807) is 7.11 Å². The number of hydrogen-bond donors (Lipinski definition) is 1. The number of methoxy groups -OCH3 is 1. The molecule has 1 aliphatic heterocycles. The van der Waals surface area contributed by atoms with Crippen molar-refractivity contribution in [1.29, 1.82) is 0 Å². The van der Waals surface area contributed by atoms with Gasteiger partial charge in [0.25, 0.3) is 0 Å². The Kier molecular flexibility index (Phi) is 6.11. The normalized spacial score (nSPS) is 16.8. The highest BCUT2D eigenvalue weighted by Crippen LogP contribution is 2.32. The maximum Gasteiger partial charge on any atom is 0.0613 e. The fraction of sp³-hybridized carbons (Fsp3) is 0.455. The van der Waals surface area contributed by atoms with Crippen LogP contribution in [0.1, 0.15) is 25.3 Å². The summed E-state index contributed by atoms with van der Waals surface area (Å²) in [5.41, 5.74) is 5.40. The number of nitrogens with zero attached hydrogens (tertiary/aromatic N) is 1. The van der Waals surface area contributed by atoms with Gasteiger partial charge in [-0.05, 0) is 49.4 Å². The van der Waals surface area contributed by atoms with Crippen molar-refractivity contribution in [3.8, 4) is 11.1 Å². The summed E-state index contributed by atoms with van der Waals surface area (Å²) < 4.78 is 5.23. The van der Waals surface area contributed by atoms with Crippen LogP contribution >= 0.6 is 0 Å². The van der Waals surface area contributed by atoms with Gasteiger partial charge in [-0.1, -0.05) is 42.5 Å². The summed E-state index contributed by atoms with van der Waals surface area (Å²) in [5, 5.41) is 3.69. The molecule has 1 unspecified atom stereocenters. The molecule has 1 saturated heterocycles. The minimum absolute atomic E-state index is 0.421. The largest absolute Gasteiger partial charge is 0.383 e. The van der Waals surface area contributed by atoms with Gasteiger partial charge in [-0.15, -0.1) is 0 Å². The Morgan fingerprint density at radius 1 is 1.08 bits per heavy atom. The molecule has 2 aromatic carbocycles. The predicted octanol–water partition coefficient (Wildman–Crippen LogP) is 4.26. The van der Waals surface area contributed by atoms with Gasteiger partial charge in [-0.2, -0.15) is 0 Å². The van der Waals surface area contributed by atoms with E-state index in [2.05, 4.69) is 72.6 Å². The van der Waals surface area contributed by atoms with Crippen LogP contribution in [0, 0.1) is 6.92 Å². The maximum absolute atomic E-state index is 5.23. The highest BCUT2D eigenvalue weighted by molar-refractivity contribution is 5.74. The SMILES string of the molecule is COCC(C)NC1CCN(c2cccc(-c3ccccc3)c2C)CC1. The average molecular weight is 338 g/mol. The van der Waals surface area contributed by atoms with E-state index in [0.717, 1.165) is 19.7 Å². The Balaban J connectivity index is 1.68. The predicted molar refractivity (Wildman–Crippen MR) is 106 cm³/mol. The summed E-state index contributed by atoms with van der Waals surface area (Å²) in [6, 6.07) is 18.4. The van der Waals surface area contributed by atoms with E-state index >= 15 is 0 Å². The van der Waals surface area contributed by atoms with Crippen LogP contribution in [0.5, 0.6) is 0 Å². The Morgan fingerprint density at radius 2 is 1.80 bits per heavy atom. The molecule has 0 spiro atoms. The highest BCUT2D eigenvalue weighted by Gasteiger charge is 2.22. The fourth-order valence-corrected chi connectivity index (χ4v) is 3.88. The van der Waals surface area contributed by atoms with E-state index in [1.807, 2.05) is 0 Å². The first-order valence-electron chi connectivity index (χ1n) is 9.34. The third-order valence-corrected chi connectivity index (χ3v) is 5.16. The molecule has 1 heterocycles. The Labute approximate surface area is 152 Å². The van der Waals surface area contributed by atoms with Crippen molar-refractivity contribution in [2.75, 3.05) is 31.7 Å². The van der Waals surface area contributed by atoms with Gasteiger partial charge in [0.05, 0.1) is 6.61 Å².